The van der Waals surface area contributed by atoms with E-state index in [4.69, 9.17) is 4.42 Å². The molecule has 4 saturated carbocycles. The van der Waals surface area contributed by atoms with Gasteiger partial charge in [-0.05, 0) is 106 Å². The minimum Gasteiger partial charge on any atom is -0.431 e. The van der Waals surface area contributed by atoms with Crippen molar-refractivity contribution in [2.75, 3.05) is 20.2 Å². The molecule has 0 amide bonds. The van der Waals surface area contributed by atoms with Crippen LogP contribution in [-0.2, 0) is 0 Å². The quantitative estimate of drug-likeness (QED) is 0.730. The third-order valence-corrected chi connectivity index (χ3v) is 11.0. The molecule has 178 valence electrons. The van der Waals surface area contributed by atoms with Crippen LogP contribution in [0.25, 0.3) is 0 Å². The summed E-state index contributed by atoms with van der Waals surface area (Å²) in [6.45, 7) is 5.83. The van der Waals surface area contributed by atoms with Gasteiger partial charge in [0.1, 0.15) is 0 Å². The normalized spacial score (nSPS) is 45.9. The first-order chi connectivity index (χ1) is 15.2. The van der Waals surface area contributed by atoms with Gasteiger partial charge < -0.3 is 19.5 Å². The van der Waals surface area contributed by atoms with E-state index in [9.17, 15) is 15.0 Å². The fourth-order valence-electron chi connectivity index (χ4n) is 9.04. The van der Waals surface area contributed by atoms with Crippen LogP contribution in [0.4, 0.5) is 0 Å². The molecule has 4 aliphatic rings. The number of aliphatic hydroxyl groups is 2. The fourth-order valence-corrected chi connectivity index (χ4v) is 9.04. The van der Waals surface area contributed by atoms with Crippen LogP contribution in [0.5, 0.6) is 0 Å². The van der Waals surface area contributed by atoms with E-state index in [0.717, 1.165) is 43.7 Å². The lowest BCUT2D eigenvalue weighted by Gasteiger charge is -2.64. The molecular formula is C27H41NO4. The summed E-state index contributed by atoms with van der Waals surface area (Å²) in [5.41, 5.74) is 0.301. The van der Waals surface area contributed by atoms with Gasteiger partial charge >= 0.3 is 5.63 Å². The van der Waals surface area contributed by atoms with E-state index in [2.05, 4.69) is 25.8 Å². The molecule has 0 bridgehead atoms. The van der Waals surface area contributed by atoms with Crippen molar-refractivity contribution in [3.05, 3.63) is 34.4 Å². The van der Waals surface area contributed by atoms with Crippen molar-refractivity contribution in [1.82, 2.24) is 4.90 Å². The monoisotopic (exact) mass is 443 g/mol. The lowest BCUT2D eigenvalue weighted by atomic mass is 9.43. The Kier molecular flexibility index (Phi) is 5.62. The van der Waals surface area contributed by atoms with Crippen LogP contribution in [0.15, 0.2) is 27.6 Å². The number of rotatable bonds is 4. The Labute approximate surface area is 192 Å². The highest BCUT2D eigenvalue weighted by atomic mass is 16.4. The first-order valence-electron chi connectivity index (χ1n) is 12.8. The van der Waals surface area contributed by atoms with E-state index in [1.54, 1.807) is 6.26 Å². The van der Waals surface area contributed by atoms with Crippen molar-refractivity contribution >= 4 is 0 Å². The summed E-state index contributed by atoms with van der Waals surface area (Å²) < 4.78 is 5.21. The molecular weight excluding hydrogens is 402 g/mol. The Bertz CT molecular complexity index is 879. The Hall–Kier alpha value is -1.17. The summed E-state index contributed by atoms with van der Waals surface area (Å²) in [6.07, 6.45) is 11.7. The van der Waals surface area contributed by atoms with Crippen molar-refractivity contribution < 1.29 is 14.6 Å². The van der Waals surface area contributed by atoms with Crippen LogP contribution >= 0.6 is 0 Å². The molecule has 1 aromatic rings. The van der Waals surface area contributed by atoms with E-state index in [0.29, 0.717) is 23.3 Å². The van der Waals surface area contributed by atoms with E-state index in [1.165, 1.54) is 38.2 Å². The number of likely N-dealkylation sites (N-methyl/N-ethyl adjacent to an activating group) is 1. The first-order valence-corrected chi connectivity index (χ1v) is 12.8. The fraction of sp³-hybridized carbons (Fsp3) is 0.815. The number of hydrogen-bond donors (Lipinski definition) is 2. The van der Waals surface area contributed by atoms with Crippen LogP contribution in [0.1, 0.15) is 83.1 Å². The molecule has 0 aliphatic heterocycles. The second-order valence-electron chi connectivity index (χ2n) is 12.0. The maximum Gasteiger partial charge on any atom is 0.335 e. The van der Waals surface area contributed by atoms with Crippen molar-refractivity contribution in [3.63, 3.8) is 0 Å². The molecule has 0 radical (unpaired) electrons. The molecule has 1 aromatic heterocycles. The predicted octanol–water partition coefficient (Wildman–Crippen LogP) is 4.17. The first kappa shape index (κ1) is 22.6. The van der Waals surface area contributed by atoms with Gasteiger partial charge in [0, 0.05) is 24.1 Å². The summed E-state index contributed by atoms with van der Waals surface area (Å²) in [5.74, 6) is 1.94. The van der Waals surface area contributed by atoms with E-state index in [1.807, 2.05) is 6.07 Å². The van der Waals surface area contributed by atoms with Crippen molar-refractivity contribution in [2.45, 2.75) is 89.2 Å². The molecule has 4 fully saturated rings. The molecule has 8 atom stereocenters. The third kappa shape index (κ3) is 3.18. The summed E-state index contributed by atoms with van der Waals surface area (Å²) in [6, 6.07) is 4.03. The van der Waals surface area contributed by atoms with Crippen molar-refractivity contribution in [1.29, 1.82) is 0 Å². The molecule has 0 saturated heterocycles. The topological polar surface area (TPSA) is 73.9 Å². The molecule has 5 nitrogen and oxygen atoms in total. The largest absolute Gasteiger partial charge is 0.431 e. The minimum absolute atomic E-state index is 0.157. The number of hydrogen-bond acceptors (Lipinski definition) is 5. The predicted molar refractivity (Wildman–Crippen MR) is 124 cm³/mol. The molecule has 4 aliphatic carbocycles. The Morgan fingerprint density at radius 2 is 1.88 bits per heavy atom. The molecule has 5 heteroatoms. The van der Waals surface area contributed by atoms with Gasteiger partial charge in [-0.1, -0.05) is 13.8 Å². The standard InChI is InChI=1S/C27H41NO4/c1-25-11-8-20(28(3)14-15-29)16-19(25)5-6-23-22(25)9-12-26(2)21(10-13-27(23,26)31)18-4-7-24(30)32-17-18/h4,7,17,19-23,29,31H,5-6,8-16H2,1-3H3/t19-,20?,21-,22?,23-,25+,26-,27?/m1/s1. The Morgan fingerprint density at radius 1 is 1.06 bits per heavy atom. The number of aliphatic hydroxyl groups excluding tert-OH is 1. The molecule has 1 heterocycles. The van der Waals surface area contributed by atoms with Crippen molar-refractivity contribution in [2.24, 2.45) is 28.6 Å². The average molecular weight is 444 g/mol. The highest BCUT2D eigenvalue weighted by Gasteiger charge is 2.67. The average Bonchev–Trinajstić information content (AvgIpc) is 3.05. The zero-order valence-corrected chi connectivity index (χ0v) is 20.1. The highest BCUT2D eigenvalue weighted by Crippen LogP contribution is 2.70. The van der Waals surface area contributed by atoms with Crippen LogP contribution in [-0.4, -0.2) is 47.0 Å². The van der Waals surface area contributed by atoms with Gasteiger partial charge in [-0.25, -0.2) is 4.79 Å². The van der Waals surface area contributed by atoms with Crippen molar-refractivity contribution in [3.8, 4) is 0 Å². The van der Waals surface area contributed by atoms with E-state index in [-0.39, 0.29) is 23.6 Å². The van der Waals surface area contributed by atoms with Gasteiger partial charge in [-0.15, -0.1) is 0 Å². The van der Waals surface area contributed by atoms with Crippen LogP contribution in [0.3, 0.4) is 0 Å². The van der Waals surface area contributed by atoms with Gasteiger partial charge in [-0.2, -0.15) is 0 Å². The second kappa shape index (κ2) is 7.95. The number of fused-ring (bicyclic) bond motifs is 5. The molecule has 0 spiro atoms. The summed E-state index contributed by atoms with van der Waals surface area (Å²) in [7, 11) is 2.16. The molecule has 5 rings (SSSR count). The molecule has 2 N–H and O–H groups in total. The van der Waals surface area contributed by atoms with Crippen LogP contribution in [0.2, 0.25) is 0 Å². The van der Waals surface area contributed by atoms with E-state index < -0.39 is 5.60 Å². The zero-order valence-electron chi connectivity index (χ0n) is 20.1. The van der Waals surface area contributed by atoms with E-state index >= 15 is 0 Å². The zero-order chi connectivity index (χ0) is 22.7. The second-order valence-corrected chi connectivity index (χ2v) is 12.0. The SMILES string of the molecule is CN(CCO)C1CC[C@]2(C)C3CC[C@]4(C)[C@@H](c5ccc(=O)oc5)CCC4(O)[C@@H]3CC[C@@H]2C1. The minimum atomic E-state index is -0.630. The summed E-state index contributed by atoms with van der Waals surface area (Å²) in [5, 5.41) is 21.7. The summed E-state index contributed by atoms with van der Waals surface area (Å²) in [4.78, 5) is 13.8. The van der Waals surface area contributed by atoms with Gasteiger partial charge in [0.15, 0.2) is 0 Å². The lowest BCUT2D eigenvalue weighted by molar-refractivity contribution is -0.203. The van der Waals surface area contributed by atoms with Gasteiger partial charge in [0.25, 0.3) is 0 Å². The van der Waals surface area contributed by atoms with Gasteiger partial charge in [-0.3, -0.25) is 0 Å². The molecule has 32 heavy (non-hydrogen) atoms. The maximum absolute atomic E-state index is 12.3. The van der Waals surface area contributed by atoms with Crippen LogP contribution in [0, 0.1) is 28.6 Å². The highest BCUT2D eigenvalue weighted by molar-refractivity contribution is 5.27. The van der Waals surface area contributed by atoms with Gasteiger partial charge in [0.2, 0.25) is 0 Å². The smallest absolute Gasteiger partial charge is 0.335 e. The molecule has 3 unspecified atom stereocenters. The summed E-state index contributed by atoms with van der Waals surface area (Å²) >= 11 is 0. The Morgan fingerprint density at radius 3 is 2.59 bits per heavy atom. The third-order valence-electron chi connectivity index (χ3n) is 11.0. The van der Waals surface area contributed by atoms with Crippen LogP contribution < -0.4 is 5.63 Å². The van der Waals surface area contributed by atoms with Gasteiger partial charge in [0.05, 0.1) is 18.5 Å². The Balaban J connectivity index is 1.39. The molecule has 0 aromatic carbocycles. The maximum atomic E-state index is 12.3. The lowest BCUT2D eigenvalue weighted by Crippen LogP contribution is -2.62. The number of nitrogens with zero attached hydrogens (tertiary/aromatic N) is 1.